The summed E-state index contributed by atoms with van der Waals surface area (Å²) in [6, 6.07) is 13.1. The molecule has 3 aliphatic heterocycles. The van der Waals surface area contributed by atoms with Crippen LogP contribution in [0.4, 0.5) is 5.69 Å². The molecule has 5 nitrogen and oxygen atoms in total. The standard InChI is InChI=1S/C38H57ClN2O3Si/c1-36(2,3)45(5,6)44-27-30-25-32(39)33(26-34(30)43-4)40-35(42)15-11-13-29-12-10-14-31(24-29)38(16-8-7-9-17-38)28-37-18-21-41(22-19-37)23-20-37/h10,12,14,24-26H,7-9,11,13,15-23,27-28H2,1-6H3,(H,40,42). The number of hydrogen-bond acceptors (Lipinski definition) is 4. The fraction of sp³-hybridized carbons (Fsp3) is 0.658. The summed E-state index contributed by atoms with van der Waals surface area (Å²) < 4.78 is 12.1. The molecule has 1 saturated carbocycles. The maximum absolute atomic E-state index is 13.0. The number of ether oxygens (including phenoxy) is 1. The van der Waals surface area contributed by atoms with Gasteiger partial charge in [0.1, 0.15) is 5.75 Å². The van der Waals surface area contributed by atoms with Crippen LogP contribution in [0.25, 0.3) is 0 Å². The lowest BCUT2D eigenvalue weighted by atomic mass is 9.57. The molecule has 0 aromatic heterocycles. The Kier molecular flexibility index (Phi) is 10.8. The van der Waals surface area contributed by atoms with Crippen LogP contribution in [0, 0.1) is 5.41 Å². The molecule has 248 valence electrons. The zero-order valence-electron chi connectivity index (χ0n) is 28.8. The van der Waals surface area contributed by atoms with Crippen LogP contribution >= 0.6 is 11.6 Å². The number of rotatable bonds is 12. The molecule has 1 N–H and O–H groups in total. The molecule has 2 bridgehead atoms. The van der Waals surface area contributed by atoms with Crippen molar-refractivity contribution in [1.29, 1.82) is 0 Å². The molecule has 0 atom stereocenters. The number of aryl methyl sites for hydroxylation is 1. The molecule has 1 amide bonds. The van der Waals surface area contributed by atoms with Gasteiger partial charge in [-0.05, 0) is 117 Å². The van der Waals surface area contributed by atoms with Gasteiger partial charge in [-0.25, -0.2) is 0 Å². The first-order chi connectivity index (χ1) is 21.3. The molecule has 0 spiro atoms. The summed E-state index contributed by atoms with van der Waals surface area (Å²) in [4.78, 5) is 15.7. The second-order valence-corrected chi connectivity index (χ2v) is 21.1. The number of piperidine rings is 3. The third-order valence-corrected chi connectivity index (χ3v) is 16.6. The van der Waals surface area contributed by atoms with Gasteiger partial charge in [-0.3, -0.25) is 4.79 Å². The Morgan fingerprint density at radius 3 is 2.33 bits per heavy atom. The summed E-state index contributed by atoms with van der Waals surface area (Å²) in [5, 5.41) is 3.66. The molecule has 2 aromatic carbocycles. The van der Waals surface area contributed by atoms with Gasteiger partial charge in [0.25, 0.3) is 0 Å². The van der Waals surface area contributed by atoms with Crippen LogP contribution in [-0.4, -0.2) is 45.9 Å². The fourth-order valence-electron chi connectivity index (χ4n) is 7.87. The van der Waals surface area contributed by atoms with Gasteiger partial charge in [-0.2, -0.15) is 0 Å². The number of nitrogens with one attached hydrogen (secondary N) is 1. The number of carbonyl (C=O) groups is 1. The van der Waals surface area contributed by atoms with E-state index in [0.29, 0.717) is 40.3 Å². The van der Waals surface area contributed by atoms with Gasteiger partial charge < -0.3 is 19.4 Å². The molecule has 6 rings (SSSR count). The lowest BCUT2D eigenvalue weighted by Gasteiger charge is -2.53. The molecule has 4 fully saturated rings. The summed E-state index contributed by atoms with van der Waals surface area (Å²) in [6.45, 7) is 15.5. The average molecular weight is 653 g/mol. The van der Waals surface area contributed by atoms with Gasteiger partial charge in [0.2, 0.25) is 5.91 Å². The smallest absolute Gasteiger partial charge is 0.224 e. The van der Waals surface area contributed by atoms with E-state index in [1.807, 2.05) is 12.1 Å². The van der Waals surface area contributed by atoms with E-state index in [9.17, 15) is 4.79 Å². The monoisotopic (exact) mass is 652 g/mol. The summed E-state index contributed by atoms with van der Waals surface area (Å²) in [7, 11) is -0.279. The summed E-state index contributed by atoms with van der Waals surface area (Å²) >= 11 is 6.65. The lowest BCUT2D eigenvalue weighted by Crippen LogP contribution is -2.51. The molecule has 3 heterocycles. The molecule has 0 radical (unpaired) electrons. The second kappa shape index (κ2) is 14.1. The number of anilines is 1. The van der Waals surface area contributed by atoms with E-state index < -0.39 is 8.32 Å². The normalized spacial score (nSPS) is 23.1. The van der Waals surface area contributed by atoms with Crippen LogP contribution in [0.15, 0.2) is 36.4 Å². The maximum atomic E-state index is 13.0. The lowest BCUT2D eigenvalue weighted by molar-refractivity contribution is -0.116. The Bertz CT molecular complexity index is 1310. The van der Waals surface area contributed by atoms with E-state index in [4.69, 9.17) is 20.8 Å². The topological polar surface area (TPSA) is 50.8 Å². The van der Waals surface area contributed by atoms with Gasteiger partial charge >= 0.3 is 0 Å². The van der Waals surface area contributed by atoms with Gasteiger partial charge in [0, 0.05) is 18.1 Å². The minimum absolute atomic E-state index is 0.0214. The van der Waals surface area contributed by atoms with Crippen molar-refractivity contribution in [3.05, 3.63) is 58.1 Å². The molecular weight excluding hydrogens is 596 g/mol. The van der Waals surface area contributed by atoms with Crippen LogP contribution in [0.1, 0.15) is 108 Å². The van der Waals surface area contributed by atoms with Crippen LogP contribution in [-0.2, 0) is 27.7 Å². The first kappa shape index (κ1) is 34.5. The third-order valence-electron chi connectivity index (χ3n) is 11.8. The van der Waals surface area contributed by atoms with Crippen molar-refractivity contribution in [2.24, 2.45) is 5.41 Å². The Labute approximate surface area is 278 Å². The van der Waals surface area contributed by atoms with E-state index in [0.717, 1.165) is 18.4 Å². The van der Waals surface area contributed by atoms with Crippen molar-refractivity contribution < 1.29 is 14.0 Å². The number of carbonyl (C=O) groups excluding carboxylic acids is 1. The summed E-state index contributed by atoms with van der Waals surface area (Å²) in [5.74, 6) is 0.659. The first-order valence-corrected chi connectivity index (χ1v) is 20.7. The number of fused-ring (bicyclic) bond motifs is 3. The number of nitrogens with zero attached hydrogens (tertiary/aromatic N) is 1. The first-order valence-electron chi connectivity index (χ1n) is 17.5. The number of methoxy groups -OCH3 is 1. The highest BCUT2D eigenvalue weighted by Gasteiger charge is 2.46. The number of hydrogen-bond donors (Lipinski definition) is 1. The van der Waals surface area contributed by atoms with Gasteiger partial charge in [0.05, 0.1) is 24.4 Å². The average Bonchev–Trinajstić information content (AvgIpc) is 3.02. The van der Waals surface area contributed by atoms with Crippen molar-refractivity contribution in [3.63, 3.8) is 0 Å². The van der Waals surface area contributed by atoms with Gasteiger partial charge in [-0.1, -0.05) is 75.9 Å². The highest BCUT2D eigenvalue weighted by Crippen LogP contribution is 2.53. The number of amides is 1. The quantitative estimate of drug-likeness (QED) is 0.232. The molecule has 4 aliphatic rings. The van der Waals surface area contributed by atoms with Crippen molar-refractivity contribution in [3.8, 4) is 5.75 Å². The van der Waals surface area contributed by atoms with E-state index in [2.05, 4.69) is 68.3 Å². The van der Waals surface area contributed by atoms with Crippen molar-refractivity contribution in [2.75, 3.05) is 32.1 Å². The van der Waals surface area contributed by atoms with Gasteiger partial charge in [0.15, 0.2) is 8.32 Å². The summed E-state index contributed by atoms with van der Waals surface area (Å²) in [6.07, 6.45) is 14.4. The van der Waals surface area contributed by atoms with Crippen LogP contribution in [0.5, 0.6) is 5.75 Å². The Morgan fingerprint density at radius 2 is 1.69 bits per heavy atom. The fourth-order valence-corrected chi connectivity index (χ4v) is 9.05. The maximum Gasteiger partial charge on any atom is 0.224 e. The molecule has 45 heavy (non-hydrogen) atoms. The summed E-state index contributed by atoms with van der Waals surface area (Å²) in [5.41, 5.74) is 5.26. The number of halogens is 1. The van der Waals surface area contributed by atoms with E-state index in [1.165, 1.54) is 83.0 Å². The molecule has 1 aliphatic carbocycles. The predicted octanol–water partition coefficient (Wildman–Crippen LogP) is 9.91. The van der Waals surface area contributed by atoms with Crippen LogP contribution in [0.3, 0.4) is 0 Å². The van der Waals surface area contributed by atoms with Crippen LogP contribution in [0.2, 0.25) is 23.2 Å². The van der Waals surface area contributed by atoms with E-state index in [1.54, 1.807) is 12.7 Å². The van der Waals surface area contributed by atoms with E-state index in [-0.39, 0.29) is 10.9 Å². The molecule has 2 aromatic rings. The van der Waals surface area contributed by atoms with E-state index >= 15 is 0 Å². The molecular formula is C38H57ClN2O3Si. The minimum Gasteiger partial charge on any atom is -0.496 e. The highest BCUT2D eigenvalue weighted by molar-refractivity contribution is 6.74. The zero-order chi connectivity index (χ0) is 32.3. The van der Waals surface area contributed by atoms with Crippen molar-refractivity contribution >= 4 is 31.5 Å². The SMILES string of the molecule is COc1cc(NC(=O)CCCc2cccc(C3(CC45CCN(CC4)CC5)CCCCC3)c2)c(Cl)cc1CO[Si](C)(C)C(C)(C)C. The Hall–Kier alpha value is -1.86. The zero-order valence-corrected chi connectivity index (χ0v) is 30.6. The predicted molar refractivity (Wildman–Crippen MR) is 190 cm³/mol. The largest absolute Gasteiger partial charge is 0.496 e. The Balaban J connectivity index is 1.19. The molecule has 7 heteroatoms. The minimum atomic E-state index is -1.93. The number of benzene rings is 2. The Morgan fingerprint density at radius 1 is 1.00 bits per heavy atom. The van der Waals surface area contributed by atoms with Crippen molar-refractivity contribution in [1.82, 2.24) is 4.90 Å². The third kappa shape index (κ3) is 8.17. The van der Waals surface area contributed by atoms with Crippen molar-refractivity contribution in [2.45, 2.75) is 128 Å². The molecule has 3 saturated heterocycles. The van der Waals surface area contributed by atoms with Crippen LogP contribution < -0.4 is 10.1 Å². The highest BCUT2D eigenvalue weighted by atomic mass is 35.5. The molecule has 0 unspecified atom stereocenters. The second-order valence-electron chi connectivity index (χ2n) is 15.9. The van der Waals surface area contributed by atoms with Gasteiger partial charge in [-0.15, -0.1) is 0 Å².